The maximum Gasteiger partial charge on any atom is 0.338 e. The van der Waals surface area contributed by atoms with E-state index in [9.17, 15) is 9.59 Å². The van der Waals surface area contributed by atoms with Crippen molar-refractivity contribution < 1.29 is 9.53 Å². The summed E-state index contributed by atoms with van der Waals surface area (Å²) < 4.78 is 6.86. The van der Waals surface area contributed by atoms with Crippen molar-refractivity contribution in [1.82, 2.24) is 9.38 Å². The molecule has 3 rings (SSSR count). The first-order valence-corrected chi connectivity index (χ1v) is 7.68. The minimum absolute atomic E-state index is 0.0358. The second kappa shape index (κ2) is 6.28. The van der Waals surface area contributed by atoms with E-state index in [4.69, 9.17) is 4.74 Å². The minimum Gasteiger partial charge on any atom is -0.456 e. The molecular weight excluding hydrogens is 304 g/mol. The van der Waals surface area contributed by atoms with Crippen LogP contribution in [0.5, 0.6) is 0 Å². The van der Waals surface area contributed by atoms with Gasteiger partial charge in [-0.2, -0.15) is 0 Å². The maximum absolute atomic E-state index is 12.3. The molecule has 0 fully saturated rings. The van der Waals surface area contributed by atoms with Gasteiger partial charge >= 0.3 is 5.97 Å². The zero-order valence-corrected chi connectivity index (χ0v) is 13.9. The average molecular weight is 322 g/mol. The summed E-state index contributed by atoms with van der Waals surface area (Å²) in [4.78, 5) is 28.9. The van der Waals surface area contributed by atoms with E-state index in [0.29, 0.717) is 16.9 Å². The second-order valence-corrected chi connectivity index (χ2v) is 5.84. The molecule has 0 saturated carbocycles. The summed E-state index contributed by atoms with van der Waals surface area (Å²) in [5.74, 6) is -0.414. The lowest BCUT2D eigenvalue weighted by Crippen LogP contribution is -2.18. The molecule has 0 saturated heterocycles. The third-order valence-corrected chi connectivity index (χ3v) is 3.90. The third-order valence-electron chi connectivity index (χ3n) is 3.90. The van der Waals surface area contributed by atoms with Crippen LogP contribution in [0.25, 0.3) is 5.65 Å². The van der Waals surface area contributed by atoms with Crippen molar-refractivity contribution >= 4 is 11.6 Å². The van der Waals surface area contributed by atoms with Crippen molar-refractivity contribution in [3.05, 3.63) is 80.9 Å². The fourth-order valence-electron chi connectivity index (χ4n) is 2.61. The number of carbonyl (C=O) groups is 1. The molecule has 0 radical (unpaired) electrons. The average Bonchev–Trinajstić information content (AvgIpc) is 2.54. The fourth-order valence-corrected chi connectivity index (χ4v) is 2.61. The zero-order chi connectivity index (χ0) is 17.3. The molecule has 2 heterocycles. The van der Waals surface area contributed by atoms with Crippen LogP contribution in [0.15, 0.2) is 47.3 Å². The van der Waals surface area contributed by atoms with Crippen molar-refractivity contribution in [3.63, 3.8) is 0 Å². The zero-order valence-electron chi connectivity index (χ0n) is 13.9. The summed E-state index contributed by atoms with van der Waals surface area (Å²) in [5.41, 5.74) is 3.98. The number of esters is 1. The van der Waals surface area contributed by atoms with Gasteiger partial charge in [-0.3, -0.25) is 9.20 Å². The van der Waals surface area contributed by atoms with Crippen molar-refractivity contribution in [3.8, 4) is 0 Å². The summed E-state index contributed by atoms with van der Waals surface area (Å²) in [5, 5.41) is 0. The molecule has 5 nitrogen and oxygen atoms in total. The smallest absolute Gasteiger partial charge is 0.338 e. The number of benzene rings is 1. The van der Waals surface area contributed by atoms with E-state index in [1.54, 1.807) is 12.1 Å². The minimum atomic E-state index is -0.414. The number of nitrogens with zero attached hydrogens (tertiary/aromatic N) is 2. The van der Waals surface area contributed by atoms with Crippen LogP contribution in [0.4, 0.5) is 0 Å². The van der Waals surface area contributed by atoms with Gasteiger partial charge in [-0.25, -0.2) is 9.78 Å². The molecule has 2 aromatic heterocycles. The molecule has 1 aromatic carbocycles. The molecule has 0 aliphatic heterocycles. The second-order valence-electron chi connectivity index (χ2n) is 5.84. The van der Waals surface area contributed by atoms with Gasteiger partial charge in [-0.1, -0.05) is 23.8 Å². The number of aromatic nitrogens is 2. The summed E-state index contributed by atoms with van der Waals surface area (Å²) in [6.07, 6.45) is 0. The van der Waals surface area contributed by atoms with Gasteiger partial charge in [0.05, 0.1) is 11.3 Å². The van der Waals surface area contributed by atoms with Gasteiger partial charge in [0.15, 0.2) is 0 Å². The van der Waals surface area contributed by atoms with E-state index in [1.165, 1.54) is 10.5 Å². The Bertz CT molecular complexity index is 990. The van der Waals surface area contributed by atoms with Gasteiger partial charge in [-0.05, 0) is 44.5 Å². The normalized spacial score (nSPS) is 10.8. The van der Waals surface area contributed by atoms with Crippen LogP contribution >= 0.6 is 0 Å². The Morgan fingerprint density at radius 3 is 2.71 bits per heavy atom. The quantitative estimate of drug-likeness (QED) is 0.696. The standard InChI is InChI=1S/C19H18N2O3/c1-12-7-8-13(2)16(9-12)19(23)24-11-15-10-18(22)21-14(3)5-4-6-17(21)20-15/h4-10H,11H2,1-3H3. The van der Waals surface area contributed by atoms with Gasteiger partial charge in [-0.15, -0.1) is 0 Å². The third kappa shape index (κ3) is 3.06. The predicted octanol–water partition coefficient (Wildman–Crippen LogP) is 2.98. The Kier molecular flexibility index (Phi) is 4.16. The van der Waals surface area contributed by atoms with Crippen molar-refractivity contribution in [2.75, 3.05) is 0 Å². The molecular formula is C19H18N2O3. The van der Waals surface area contributed by atoms with Crippen LogP contribution in [0.1, 0.15) is 32.9 Å². The summed E-state index contributed by atoms with van der Waals surface area (Å²) in [7, 11) is 0. The predicted molar refractivity (Wildman–Crippen MR) is 91.2 cm³/mol. The van der Waals surface area contributed by atoms with Crippen molar-refractivity contribution in [2.45, 2.75) is 27.4 Å². The molecule has 3 aromatic rings. The van der Waals surface area contributed by atoms with Gasteiger partial charge < -0.3 is 4.74 Å². The molecule has 0 N–H and O–H groups in total. The molecule has 0 atom stereocenters. The largest absolute Gasteiger partial charge is 0.456 e. The Labute approximate surface area is 139 Å². The number of carbonyl (C=O) groups excluding carboxylic acids is 1. The summed E-state index contributed by atoms with van der Waals surface area (Å²) >= 11 is 0. The number of hydrogen-bond donors (Lipinski definition) is 0. The molecule has 5 heteroatoms. The van der Waals surface area contributed by atoms with Crippen LogP contribution in [-0.4, -0.2) is 15.4 Å². The van der Waals surface area contributed by atoms with Crippen LogP contribution in [0, 0.1) is 20.8 Å². The molecule has 0 aliphatic carbocycles. The number of pyridine rings is 1. The first kappa shape index (κ1) is 15.9. The van der Waals surface area contributed by atoms with Gasteiger partial charge in [0.2, 0.25) is 0 Å². The first-order chi connectivity index (χ1) is 11.5. The van der Waals surface area contributed by atoms with E-state index in [0.717, 1.165) is 16.8 Å². The van der Waals surface area contributed by atoms with E-state index in [2.05, 4.69) is 4.98 Å². The summed E-state index contributed by atoms with van der Waals surface area (Å²) in [6.45, 7) is 5.59. The van der Waals surface area contributed by atoms with E-state index >= 15 is 0 Å². The topological polar surface area (TPSA) is 60.7 Å². The van der Waals surface area contributed by atoms with Gasteiger partial charge in [0, 0.05) is 11.8 Å². The van der Waals surface area contributed by atoms with E-state index < -0.39 is 5.97 Å². The van der Waals surface area contributed by atoms with E-state index in [-0.39, 0.29) is 12.2 Å². The Morgan fingerprint density at radius 2 is 1.92 bits per heavy atom. The van der Waals surface area contributed by atoms with Gasteiger partial charge in [0.1, 0.15) is 12.3 Å². The summed E-state index contributed by atoms with van der Waals surface area (Å²) in [6, 6.07) is 12.5. The van der Waals surface area contributed by atoms with Crippen molar-refractivity contribution in [2.24, 2.45) is 0 Å². The Balaban J connectivity index is 1.84. The molecule has 0 unspecified atom stereocenters. The highest BCUT2D eigenvalue weighted by molar-refractivity contribution is 5.91. The molecule has 24 heavy (non-hydrogen) atoms. The van der Waals surface area contributed by atoms with Gasteiger partial charge in [0.25, 0.3) is 5.56 Å². The Morgan fingerprint density at radius 1 is 1.12 bits per heavy atom. The number of rotatable bonds is 3. The molecule has 122 valence electrons. The molecule has 0 bridgehead atoms. The SMILES string of the molecule is Cc1ccc(C)c(C(=O)OCc2cc(=O)n3c(C)cccc3n2)c1. The van der Waals surface area contributed by atoms with Crippen LogP contribution in [-0.2, 0) is 11.3 Å². The lowest BCUT2D eigenvalue weighted by molar-refractivity contribution is 0.0466. The number of ether oxygens (including phenoxy) is 1. The van der Waals surface area contributed by atoms with Crippen LogP contribution in [0.2, 0.25) is 0 Å². The number of aryl methyl sites for hydroxylation is 3. The molecule has 0 spiro atoms. The number of fused-ring (bicyclic) bond motifs is 1. The molecule has 0 aliphatic rings. The Hall–Kier alpha value is -2.95. The number of hydrogen-bond acceptors (Lipinski definition) is 4. The first-order valence-electron chi connectivity index (χ1n) is 7.68. The van der Waals surface area contributed by atoms with Crippen LogP contribution in [0.3, 0.4) is 0 Å². The van der Waals surface area contributed by atoms with Crippen LogP contribution < -0.4 is 5.56 Å². The van der Waals surface area contributed by atoms with E-state index in [1.807, 2.05) is 45.0 Å². The van der Waals surface area contributed by atoms with Crippen molar-refractivity contribution in [1.29, 1.82) is 0 Å². The highest BCUT2D eigenvalue weighted by atomic mass is 16.5. The monoisotopic (exact) mass is 322 g/mol. The maximum atomic E-state index is 12.3. The lowest BCUT2D eigenvalue weighted by atomic mass is 10.1. The molecule has 0 amide bonds. The highest BCUT2D eigenvalue weighted by Gasteiger charge is 2.12. The fraction of sp³-hybridized carbons (Fsp3) is 0.211. The lowest BCUT2D eigenvalue weighted by Gasteiger charge is -2.09. The highest BCUT2D eigenvalue weighted by Crippen LogP contribution is 2.13.